The van der Waals surface area contributed by atoms with Crippen LogP contribution in [0.15, 0.2) is 79.5 Å². The van der Waals surface area contributed by atoms with Gasteiger partial charge in [0.05, 0.1) is 0 Å². The standard InChI is InChI=1S/C28H33NO/c1-3-5-7-13-23(12-4-2)20-26(30)19-18-25-22-29(21-24-14-8-6-9-15-24)28-17-11-10-16-27(25)28/h4,6,8-11,14-19,22-23H,2-3,5,7,12-13,20-21H2,1H3/b19-18+. The quantitative estimate of drug-likeness (QED) is 0.176. The SMILES string of the molecule is C=CCC(CCCCC)CC(=O)/C=C/c1cn(Cc2ccccc2)c2ccccc12. The average molecular weight is 400 g/mol. The molecule has 0 aliphatic carbocycles. The summed E-state index contributed by atoms with van der Waals surface area (Å²) in [6, 6.07) is 18.9. The fourth-order valence-electron chi connectivity index (χ4n) is 4.08. The highest BCUT2D eigenvalue weighted by molar-refractivity contribution is 5.97. The number of nitrogens with zero attached hydrogens (tertiary/aromatic N) is 1. The molecule has 1 heterocycles. The number of hydrogen-bond acceptors (Lipinski definition) is 1. The Labute approximate surface area is 180 Å². The summed E-state index contributed by atoms with van der Waals surface area (Å²) >= 11 is 0. The van der Waals surface area contributed by atoms with Gasteiger partial charge in [-0.05, 0) is 42.5 Å². The second kappa shape index (κ2) is 11.3. The van der Waals surface area contributed by atoms with Crippen molar-refractivity contribution in [2.24, 2.45) is 5.92 Å². The van der Waals surface area contributed by atoms with Crippen molar-refractivity contribution in [3.8, 4) is 0 Å². The minimum Gasteiger partial charge on any atom is -0.342 e. The molecule has 2 nitrogen and oxygen atoms in total. The highest BCUT2D eigenvalue weighted by atomic mass is 16.1. The minimum atomic E-state index is 0.207. The molecule has 0 saturated heterocycles. The van der Waals surface area contributed by atoms with Crippen LogP contribution in [-0.4, -0.2) is 10.4 Å². The molecule has 0 radical (unpaired) electrons. The van der Waals surface area contributed by atoms with Crippen molar-refractivity contribution >= 4 is 22.8 Å². The van der Waals surface area contributed by atoms with Crippen molar-refractivity contribution in [1.82, 2.24) is 4.57 Å². The van der Waals surface area contributed by atoms with E-state index in [1.54, 1.807) is 6.08 Å². The van der Waals surface area contributed by atoms with E-state index in [1.165, 1.54) is 35.7 Å². The van der Waals surface area contributed by atoms with Gasteiger partial charge in [0.2, 0.25) is 0 Å². The number of benzene rings is 2. The Kier molecular flexibility index (Phi) is 8.26. The van der Waals surface area contributed by atoms with Crippen molar-refractivity contribution in [3.63, 3.8) is 0 Å². The van der Waals surface area contributed by atoms with Crippen LogP contribution < -0.4 is 0 Å². The maximum atomic E-state index is 12.6. The summed E-state index contributed by atoms with van der Waals surface area (Å²) in [5.41, 5.74) is 3.56. The molecule has 0 aliphatic rings. The van der Waals surface area contributed by atoms with E-state index in [-0.39, 0.29) is 5.78 Å². The second-order valence-corrected chi connectivity index (χ2v) is 8.11. The van der Waals surface area contributed by atoms with Crippen LogP contribution in [0.5, 0.6) is 0 Å². The number of carbonyl (C=O) groups is 1. The van der Waals surface area contributed by atoms with Crippen molar-refractivity contribution in [2.75, 3.05) is 0 Å². The van der Waals surface area contributed by atoms with Gasteiger partial charge >= 0.3 is 0 Å². The molecule has 0 bridgehead atoms. The number of ketones is 1. The van der Waals surface area contributed by atoms with E-state index in [2.05, 4.69) is 72.8 Å². The van der Waals surface area contributed by atoms with E-state index >= 15 is 0 Å². The van der Waals surface area contributed by atoms with Crippen LogP contribution in [-0.2, 0) is 11.3 Å². The van der Waals surface area contributed by atoms with Crippen LogP contribution in [0.4, 0.5) is 0 Å². The number of carbonyl (C=O) groups excluding carboxylic acids is 1. The molecule has 3 rings (SSSR count). The highest BCUT2D eigenvalue weighted by Gasteiger charge is 2.12. The van der Waals surface area contributed by atoms with Gasteiger partial charge in [0.25, 0.3) is 0 Å². The first-order valence-corrected chi connectivity index (χ1v) is 11.1. The van der Waals surface area contributed by atoms with Gasteiger partial charge in [-0.3, -0.25) is 4.79 Å². The molecule has 0 amide bonds. The summed E-state index contributed by atoms with van der Waals surface area (Å²) in [5, 5.41) is 1.18. The Morgan fingerprint density at radius 3 is 2.60 bits per heavy atom. The molecule has 0 spiro atoms. The Morgan fingerprint density at radius 2 is 1.83 bits per heavy atom. The molecule has 0 fully saturated rings. The zero-order valence-electron chi connectivity index (χ0n) is 18.1. The second-order valence-electron chi connectivity index (χ2n) is 8.11. The Hall–Kier alpha value is -2.87. The predicted octanol–water partition coefficient (Wildman–Crippen LogP) is 7.43. The smallest absolute Gasteiger partial charge is 0.155 e. The zero-order chi connectivity index (χ0) is 21.2. The van der Waals surface area contributed by atoms with Crippen molar-refractivity contribution in [1.29, 1.82) is 0 Å². The third-order valence-electron chi connectivity index (χ3n) is 5.67. The summed E-state index contributed by atoms with van der Waals surface area (Å²) in [6.07, 6.45) is 14.1. The lowest BCUT2D eigenvalue weighted by atomic mass is 9.92. The maximum absolute atomic E-state index is 12.6. The number of para-hydroxylation sites is 1. The number of aromatic nitrogens is 1. The van der Waals surface area contributed by atoms with Gasteiger partial charge in [-0.2, -0.15) is 0 Å². The molecule has 30 heavy (non-hydrogen) atoms. The Morgan fingerprint density at radius 1 is 1.07 bits per heavy atom. The number of unbranched alkanes of at least 4 members (excludes halogenated alkanes) is 2. The summed E-state index contributed by atoms with van der Waals surface area (Å²) in [7, 11) is 0. The molecule has 1 unspecified atom stereocenters. The molecule has 1 atom stereocenters. The molecule has 0 N–H and O–H groups in total. The van der Waals surface area contributed by atoms with E-state index < -0.39 is 0 Å². The largest absolute Gasteiger partial charge is 0.342 e. The third kappa shape index (κ3) is 6.06. The zero-order valence-corrected chi connectivity index (χ0v) is 18.1. The first-order chi connectivity index (χ1) is 14.7. The van der Waals surface area contributed by atoms with Crippen LogP contribution in [0, 0.1) is 5.92 Å². The van der Waals surface area contributed by atoms with Crippen molar-refractivity contribution in [3.05, 3.63) is 90.7 Å². The Bertz CT molecular complexity index is 980. The molecule has 156 valence electrons. The van der Waals surface area contributed by atoms with E-state index in [9.17, 15) is 4.79 Å². The van der Waals surface area contributed by atoms with Crippen LogP contribution in [0.3, 0.4) is 0 Å². The predicted molar refractivity (Wildman–Crippen MR) is 129 cm³/mol. The van der Waals surface area contributed by atoms with Crippen LogP contribution >= 0.6 is 0 Å². The van der Waals surface area contributed by atoms with Crippen LogP contribution in [0.1, 0.15) is 56.6 Å². The fraction of sp³-hybridized carbons (Fsp3) is 0.321. The summed E-state index contributed by atoms with van der Waals surface area (Å²) in [4.78, 5) is 12.6. The number of hydrogen-bond donors (Lipinski definition) is 0. The molecule has 2 heteroatoms. The lowest BCUT2D eigenvalue weighted by molar-refractivity contribution is -0.115. The van der Waals surface area contributed by atoms with Crippen LogP contribution in [0.2, 0.25) is 0 Å². The molecular formula is C28H33NO. The maximum Gasteiger partial charge on any atom is 0.155 e. The monoisotopic (exact) mass is 399 g/mol. The summed E-state index contributed by atoms with van der Waals surface area (Å²) in [6.45, 7) is 6.90. The van der Waals surface area contributed by atoms with E-state index in [4.69, 9.17) is 0 Å². The van der Waals surface area contributed by atoms with Crippen LogP contribution in [0.25, 0.3) is 17.0 Å². The molecule has 0 saturated carbocycles. The van der Waals surface area contributed by atoms with Gasteiger partial charge in [0.15, 0.2) is 5.78 Å². The van der Waals surface area contributed by atoms with Gasteiger partial charge in [0.1, 0.15) is 0 Å². The lowest BCUT2D eigenvalue weighted by Gasteiger charge is -2.12. The molecule has 1 aromatic heterocycles. The van der Waals surface area contributed by atoms with Crippen molar-refractivity contribution < 1.29 is 4.79 Å². The van der Waals surface area contributed by atoms with E-state index in [1.807, 2.05) is 18.2 Å². The highest BCUT2D eigenvalue weighted by Crippen LogP contribution is 2.24. The van der Waals surface area contributed by atoms with Gasteiger partial charge in [-0.15, -0.1) is 6.58 Å². The molecule has 3 aromatic rings. The first kappa shape index (κ1) is 21.8. The summed E-state index contributed by atoms with van der Waals surface area (Å²) in [5.74, 6) is 0.615. The third-order valence-corrected chi connectivity index (χ3v) is 5.67. The number of fused-ring (bicyclic) bond motifs is 1. The number of allylic oxidation sites excluding steroid dienone is 2. The molecule has 2 aromatic carbocycles. The number of rotatable bonds is 12. The minimum absolute atomic E-state index is 0.207. The van der Waals surface area contributed by atoms with Crippen molar-refractivity contribution in [2.45, 2.75) is 52.0 Å². The summed E-state index contributed by atoms with van der Waals surface area (Å²) < 4.78 is 2.26. The lowest BCUT2D eigenvalue weighted by Crippen LogP contribution is -2.06. The Balaban J connectivity index is 1.73. The van der Waals surface area contributed by atoms with Gasteiger partial charge in [-0.1, -0.05) is 80.8 Å². The first-order valence-electron chi connectivity index (χ1n) is 11.1. The van der Waals surface area contributed by atoms with E-state index in [0.717, 1.165) is 24.9 Å². The van der Waals surface area contributed by atoms with Gasteiger partial charge in [0, 0.05) is 35.6 Å². The van der Waals surface area contributed by atoms with Gasteiger partial charge < -0.3 is 4.57 Å². The average Bonchev–Trinajstić information content (AvgIpc) is 3.11. The molecular weight excluding hydrogens is 366 g/mol. The van der Waals surface area contributed by atoms with Gasteiger partial charge in [-0.25, -0.2) is 0 Å². The van der Waals surface area contributed by atoms with E-state index in [0.29, 0.717) is 12.3 Å². The topological polar surface area (TPSA) is 22.0 Å². The molecule has 0 aliphatic heterocycles. The fourth-order valence-corrected chi connectivity index (χ4v) is 4.08. The normalized spacial score (nSPS) is 12.4.